The van der Waals surface area contributed by atoms with E-state index in [4.69, 9.17) is 4.74 Å². The van der Waals surface area contributed by atoms with Gasteiger partial charge in [0.2, 0.25) is 17.8 Å². The van der Waals surface area contributed by atoms with E-state index in [1.807, 2.05) is 0 Å². The Morgan fingerprint density at radius 3 is 2.11 bits per heavy atom. The molecule has 0 unspecified atom stereocenters. The van der Waals surface area contributed by atoms with Crippen molar-refractivity contribution in [2.75, 3.05) is 23.2 Å². The van der Waals surface area contributed by atoms with Crippen LogP contribution in [0.3, 0.4) is 0 Å². The lowest BCUT2D eigenvalue weighted by Gasteiger charge is -2.10. The number of phenols is 1. The molecule has 12 nitrogen and oxygen atoms in total. The molecule has 182 valence electrons. The topological polar surface area (TPSA) is 160 Å². The van der Waals surface area contributed by atoms with Gasteiger partial charge >= 0.3 is 0 Å². The van der Waals surface area contributed by atoms with E-state index in [2.05, 4.69) is 36.1 Å². The lowest BCUT2D eigenvalue weighted by atomic mass is 10.2. The van der Waals surface area contributed by atoms with Crippen LogP contribution in [0.2, 0.25) is 0 Å². The number of aromatic nitrogens is 3. The number of ether oxygens (including phenoxy) is 1. The van der Waals surface area contributed by atoms with Crippen molar-refractivity contribution >= 4 is 41.1 Å². The number of halogens is 1. The number of hydrogen-bond acceptors (Lipinski definition) is 11. The van der Waals surface area contributed by atoms with Crippen LogP contribution in [0, 0.1) is 15.9 Å². The lowest BCUT2D eigenvalue weighted by Crippen LogP contribution is -2.07. The number of nitro groups is 1. The molecule has 4 N–H and O–H groups in total. The molecule has 0 saturated heterocycles. The Hall–Kier alpha value is -5.33. The molecule has 0 aliphatic rings. The first-order chi connectivity index (χ1) is 17.4. The van der Waals surface area contributed by atoms with Crippen LogP contribution in [0.15, 0.2) is 71.8 Å². The zero-order valence-electron chi connectivity index (χ0n) is 18.7. The van der Waals surface area contributed by atoms with Crippen molar-refractivity contribution in [2.45, 2.75) is 0 Å². The maximum absolute atomic E-state index is 13.4. The Morgan fingerprint density at radius 1 is 0.944 bits per heavy atom. The highest BCUT2D eigenvalue weighted by Gasteiger charge is 2.10. The highest BCUT2D eigenvalue weighted by molar-refractivity contribution is 5.83. The van der Waals surface area contributed by atoms with Crippen molar-refractivity contribution < 1.29 is 19.2 Å². The summed E-state index contributed by atoms with van der Waals surface area (Å²) >= 11 is 0. The molecule has 0 aliphatic heterocycles. The number of phenolic OH excluding ortho intramolecular Hbond substituents is 1. The second kappa shape index (κ2) is 10.7. The van der Waals surface area contributed by atoms with Crippen molar-refractivity contribution in [2.24, 2.45) is 5.10 Å². The molecule has 36 heavy (non-hydrogen) atoms. The van der Waals surface area contributed by atoms with Crippen molar-refractivity contribution in [3.05, 3.63) is 88.2 Å². The summed E-state index contributed by atoms with van der Waals surface area (Å²) < 4.78 is 18.6. The van der Waals surface area contributed by atoms with Gasteiger partial charge in [0.15, 0.2) is 0 Å². The largest absolute Gasteiger partial charge is 0.507 e. The van der Waals surface area contributed by atoms with E-state index in [0.717, 1.165) is 12.1 Å². The summed E-state index contributed by atoms with van der Waals surface area (Å²) in [6.07, 6.45) is 1.21. The number of aromatic hydroxyl groups is 1. The van der Waals surface area contributed by atoms with Crippen molar-refractivity contribution in [3.8, 4) is 11.5 Å². The smallest absolute Gasteiger partial charge is 0.269 e. The van der Waals surface area contributed by atoms with Gasteiger partial charge in [-0.1, -0.05) is 0 Å². The number of nitro benzene ring substituents is 1. The Morgan fingerprint density at radius 2 is 1.53 bits per heavy atom. The lowest BCUT2D eigenvalue weighted by molar-refractivity contribution is -0.384. The molecule has 0 aliphatic carbocycles. The van der Waals surface area contributed by atoms with E-state index >= 15 is 0 Å². The van der Waals surface area contributed by atoms with Gasteiger partial charge in [-0.05, 0) is 54.6 Å². The average Bonchev–Trinajstić information content (AvgIpc) is 2.87. The summed E-state index contributed by atoms with van der Waals surface area (Å²) in [6.45, 7) is 0. The number of anilines is 5. The van der Waals surface area contributed by atoms with E-state index in [1.165, 1.54) is 36.5 Å². The molecular formula is C23H19FN8O4. The minimum atomic E-state index is -0.532. The van der Waals surface area contributed by atoms with Crippen LogP contribution in [0.25, 0.3) is 0 Å². The van der Waals surface area contributed by atoms with E-state index < -0.39 is 10.7 Å². The van der Waals surface area contributed by atoms with Crippen LogP contribution >= 0.6 is 0 Å². The fraction of sp³-hybridized carbons (Fsp3) is 0.0435. The third-order valence-electron chi connectivity index (χ3n) is 4.67. The number of methoxy groups -OCH3 is 1. The first-order valence-electron chi connectivity index (χ1n) is 10.4. The van der Waals surface area contributed by atoms with Gasteiger partial charge in [0.1, 0.15) is 17.3 Å². The van der Waals surface area contributed by atoms with Crippen molar-refractivity contribution in [1.29, 1.82) is 0 Å². The number of benzene rings is 3. The summed E-state index contributed by atoms with van der Waals surface area (Å²) in [5.74, 6) is 0.286. The van der Waals surface area contributed by atoms with Crippen molar-refractivity contribution in [1.82, 2.24) is 15.0 Å². The third kappa shape index (κ3) is 6.17. The minimum absolute atomic E-state index is 0.0255. The molecule has 0 amide bonds. The van der Waals surface area contributed by atoms with Crippen LogP contribution in [-0.2, 0) is 0 Å². The summed E-state index contributed by atoms with van der Waals surface area (Å²) in [7, 11) is 1.56. The van der Waals surface area contributed by atoms with Crippen molar-refractivity contribution in [3.63, 3.8) is 0 Å². The number of hydrogen-bond donors (Lipinski definition) is 4. The van der Waals surface area contributed by atoms with Gasteiger partial charge in [-0.2, -0.15) is 20.1 Å². The maximum atomic E-state index is 13.4. The monoisotopic (exact) mass is 490 g/mol. The summed E-state index contributed by atoms with van der Waals surface area (Å²) in [5, 5.41) is 30.7. The van der Waals surface area contributed by atoms with Gasteiger partial charge in [-0.25, -0.2) is 9.82 Å². The van der Waals surface area contributed by atoms with Gasteiger partial charge in [0, 0.05) is 29.1 Å². The van der Waals surface area contributed by atoms with Crippen LogP contribution in [0.5, 0.6) is 11.5 Å². The fourth-order valence-electron chi connectivity index (χ4n) is 2.93. The number of hydrazone groups is 1. The molecule has 0 spiro atoms. The quantitative estimate of drug-likeness (QED) is 0.149. The molecule has 0 fully saturated rings. The highest BCUT2D eigenvalue weighted by Crippen LogP contribution is 2.22. The molecule has 0 atom stereocenters. The Balaban J connectivity index is 1.59. The number of nitrogens with zero attached hydrogens (tertiary/aromatic N) is 5. The molecule has 4 rings (SSSR count). The number of rotatable bonds is 9. The second-order valence-electron chi connectivity index (χ2n) is 7.16. The summed E-state index contributed by atoms with van der Waals surface area (Å²) in [6, 6.07) is 16.2. The fourth-order valence-corrected chi connectivity index (χ4v) is 2.93. The highest BCUT2D eigenvalue weighted by atomic mass is 19.1. The van der Waals surface area contributed by atoms with Gasteiger partial charge in [0.25, 0.3) is 5.69 Å². The van der Waals surface area contributed by atoms with Gasteiger partial charge in [-0.3, -0.25) is 10.1 Å². The minimum Gasteiger partial charge on any atom is -0.507 e. The van der Waals surface area contributed by atoms with Crippen LogP contribution in [0.1, 0.15) is 5.56 Å². The Bertz CT molecular complexity index is 1400. The zero-order chi connectivity index (χ0) is 25.5. The van der Waals surface area contributed by atoms with Gasteiger partial charge in [-0.15, -0.1) is 0 Å². The summed E-state index contributed by atoms with van der Waals surface area (Å²) in [5.41, 5.74) is 3.88. The second-order valence-corrected chi connectivity index (χ2v) is 7.16. The number of non-ortho nitro benzene ring substituents is 1. The van der Waals surface area contributed by atoms with E-state index in [9.17, 15) is 19.6 Å². The Labute approximate surface area is 203 Å². The van der Waals surface area contributed by atoms with Gasteiger partial charge < -0.3 is 20.5 Å². The molecule has 0 radical (unpaired) electrons. The molecule has 4 aromatic rings. The first-order valence-corrected chi connectivity index (χ1v) is 10.4. The van der Waals surface area contributed by atoms with Crippen LogP contribution < -0.4 is 20.8 Å². The predicted octanol–water partition coefficient (Wildman–Crippen LogP) is 4.57. The molecular weight excluding hydrogens is 471 g/mol. The van der Waals surface area contributed by atoms with Crippen LogP contribution in [-0.4, -0.2) is 38.3 Å². The van der Waals surface area contributed by atoms with E-state index in [0.29, 0.717) is 17.1 Å². The van der Waals surface area contributed by atoms with Crippen LogP contribution in [0.4, 0.5) is 39.3 Å². The van der Waals surface area contributed by atoms with Gasteiger partial charge in [0.05, 0.1) is 18.2 Å². The Kier molecular flexibility index (Phi) is 7.10. The number of nitrogens with one attached hydrogen (secondary N) is 3. The SMILES string of the molecule is COc1ccc(Nc2nc(N/N=C/c3cc(F)ccc3O)nc(Nc3ccc([N+](=O)[O-])cc3)n2)cc1. The van der Waals surface area contributed by atoms with E-state index in [-0.39, 0.29) is 34.8 Å². The molecule has 0 saturated carbocycles. The third-order valence-corrected chi connectivity index (χ3v) is 4.67. The molecule has 1 aromatic heterocycles. The standard InChI is InChI=1S/C23H19FN8O4/c1-36-19-9-5-17(6-10-19)27-22-28-21(26-16-3-7-18(8-4-16)32(34)35)29-23(30-22)31-25-13-14-12-15(24)2-11-20(14)33/h2-13,33H,1H3,(H3,26,27,28,29,30,31)/b25-13+. The average molecular weight is 490 g/mol. The zero-order valence-corrected chi connectivity index (χ0v) is 18.7. The molecule has 0 bridgehead atoms. The molecule has 13 heteroatoms. The molecule has 3 aromatic carbocycles. The first kappa shape index (κ1) is 23.8. The maximum Gasteiger partial charge on any atom is 0.269 e. The molecule has 1 heterocycles. The predicted molar refractivity (Wildman–Crippen MR) is 132 cm³/mol. The normalized spacial score (nSPS) is 10.7. The van der Waals surface area contributed by atoms with E-state index in [1.54, 1.807) is 31.4 Å². The summed E-state index contributed by atoms with van der Waals surface area (Å²) in [4.78, 5) is 23.2.